The zero-order chi connectivity index (χ0) is 14.7. The predicted molar refractivity (Wildman–Crippen MR) is 77.2 cm³/mol. The summed E-state index contributed by atoms with van der Waals surface area (Å²) in [5.41, 5.74) is 1.57. The molecule has 1 unspecified atom stereocenters. The maximum absolute atomic E-state index is 12.2. The summed E-state index contributed by atoms with van der Waals surface area (Å²) in [5, 5.41) is 12.2. The molecule has 2 rings (SSSR count). The van der Waals surface area contributed by atoms with Crippen LogP contribution in [0.25, 0.3) is 0 Å². The second-order valence-electron chi connectivity index (χ2n) is 4.98. The minimum Gasteiger partial charge on any atom is -0.481 e. The summed E-state index contributed by atoms with van der Waals surface area (Å²) in [6.45, 7) is 2.47. The lowest BCUT2D eigenvalue weighted by Gasteiger charge is -2.24. The Kier molecular flexibility index (Phi) is 4.49. The third kappa shape index (κ3) is 3.42. The van der Waals surface area contributed by atoms with E-state index in [4.69, 9.17) is 16.7 Å². The second-order valence-corrected chi connectivity index (χ2v) is 5.41. The normalized spacial score (nSPS) is 18.1. The predicted octanol–water partition coefficient (Wildman–Crippen LogP) is 3.12. The lowest BCUT2D eigenvalue weighted by Crippen LogP contribution is -2.39. The van der Waals surface area contributed by atoms with Gasteiger partial charge in [0.05, 0.1) is 6.42 Å². The highest BCUT2D eigenvalue weighted by atomic mass is 35.5. The summed E-state index contributed by atoms with van der Waals surface area (Å²) < 4.78 is 0. The fourth-order valence-corrected chi connectivity index (χ4v) is 2.60. The largest absolute Gasteiger partial charge is 0.481 e. The highest BCUT2D eigenvalue weighted by molar-refractivity contribution is 6.31. The van der Waals surface area contributed by atoms with Gasteiger partial charge in [-0.1, -0.05) is 17.7 Å². The van der Waals surface area contributed by atoms with Gasteiger partial charge in [0.2, 0.25) is 0 Å². The molecular formula is C14H17ClN2O3. The minimum atomic E-state index is -0.881. The Hall–Kier alpha value is -1.75. The number of urea groups is 1. The van der Waals surface area contributed by atoms with Crippen LogP contribution in [0.5, 0.6) is 0 Å². The topological polar surface area (TPSA) is 69.6 Å². The first-order chi connectivity index (χ1) is 9.47. The van der Waals surface area contributed by atoms with Crippen LogP contribution in [-0.4, -0.2) is 34.6 Å². The van der Waals surface area contributed by atoms with Crippen LogP contribution in [0.2, 0.25) is 5.02 Å². The van der Waals surface area contributed by atoms with Gasteiger partial charge >= 0.3 is 12.0 Å². The van der Waals surface area contributed by atoms with Crippen LogP contribution in [0.4, 0.5) is 10.5 Å². The number of aliphatic carboxylic acids is 1. The number of carboxylic acids is 1. The van der Waals surface area contributed by atoms with Crippen molar-refractivity contribution in [3.8, 4) is 0 Å². The minimum absolute atomic E-state index is 0.0120. The van der Waals surface area contributed by atoms with E-state index in [-0.39, 0.29) is 18.5 Å². The average Bonchev–Trinajstić information content (AvgIpc) is 2.81. The molecule has 1 heterocycles. The summed E-state index contributed by atoms with van der Waals surface area (Å²) >= 11 is 5.91. The molecule has 0 spiro atoms. The molecule has 1 saturated heterocycles. The van der Waals surface area contributed by atoms with Crippen molar-refractivity contribution >= 4 is 29.3 Å². The van der Waals surface area contributed by atoms with E-state index in [2.05, 4.69) is 5.32 Å². The van der Waals surface area contributed by atoms with Gasteiger partial charge in [-0.05, 0) is 37.5 Å². The van der Waals surface area contributed by atoms with Gasteiger partial charge in [0.1, 0.15) is 0 Å². The van der Waals surface area contributed by atoms with E-state index in [0.717, 1.165) is 18.4 Å². The molecule has 0 bridgehead atoms. The number of aryl methyl sites for hydroxylation is 1. The number of hydrogen-bond acceptors (Lipinski definition) is 2. The number of halogens is 1. The Morgan fingerprint density at radius 3 is 2.95 bits per heavy atom. The second kappa shape index (κ2) is 6.13. The van der Waals surface area contributed by atoms with Gasteiger partial charge in [-0.25, -0.2) is 4.79 Å². The van der Waals surface area contributed by atoms with Gasteiger partial charge in [-0.2, -0.15) is 0 Å². The molecule has 108 valence electrons. The third-order valence-corrected chi connectivity index (χ3v) is 3.72. The average molecular weight is 297 g/mol. The first kappa shape index (κ1) is 14.7. The molecule has 0 aromatic heterocycles. The summed E-state index contributed by atoms with van der Waals surface area (Å²) in [5.74, 6) is -0.881. The first-order valence-corrected chi connectivity index (χ1v) is 6.90. The summed E-state index contributed by atoms with van der Waals surface area (Å²) in [7, 11) is 0. The zero-order valence-corrected chi connectivity index (χ0v) is 12.0. The van der Waals surface area contributed by atoms with E-state index in [1.807, 2.05) is 13.0 Å². The third-order valence-electron chi connectivity index (χ3n) is 3.49. The number of amides is 2. The van der Waals surface area contributed by atoms with Crippen LogP contribution < -0.4 is 5.32 Å². The van der Waals surface area contributed by atoms with Crippen molar-refractivity contribution in [3.05, 3.63) is 28.8 Å². The molecule has 5 nitrogen and oxygen atoms in total. The zero-order valence-electron chi connectivity index (χ0n) is 11.2. The lowest BCUT2D eigenvalue weighted by atomic mass is 10.1. The molecule has 1 aliphatic heterocycles. The number of nitrogens with zero attached hydrogens (tertiary/aromatic N) is 1. The van der Waals surface area contributed by atoms with Gasteiger partial charge in [0.15, 0.2) is 0 Å². The van der Waals surface area contributed by atoms with E-state index < -0.39 is 5.97 Å². The van der Waals surface area contributed by atoms with Gasteiger partial charge in [0, 0.05) is 23.3 Å². The number of benzene rings is 1. The molecule has 0 aliphatic carbocycles. The number of hydrogen-bond donors (Lipinski definition) is 2. The number of carbonyl (C=O) groups is 2. The van der Waals surface area contributed by atoms with Crippen molar-refractivity contribution < 1.29 is 14.7 Å². The molecule has 1 fully saturated rings. The first-order valence-electron chi connectivity index (χ1n) is 6.53. The maximum atomic E-state index is 12.2. The van der Waals surface area contributed by atoms with Gasteiger partial charge in [-0.15, -0.1) is 0 Å². The van der Waals surface area contributed by atoms with Crippen LogP contribution in [0.3, 0.4) is 0 Å². The van der Waals surface area contributed by atoms with Gasteiger partial charge in [0.25, 0.3) is 0 Å². The molecule has 20 heavy (non-hydrogen) atoms. The molecule has 2 N–H and O–H groups in total. The Balaban J connectivity index is 2.07. The van der Waals surface area contributed by atoms with Crippen LogP contribution in [-0.2, 0) is 4.79 Å². The summed E-state index contributed by atoms with van der Waals surface area (Å²) in [6, 6.07) is 4.79. The number of nitrogens with one attached hydrogen (secondary N) is 1. The van der Waals surface area contributed by atoms with Crippen molar-refractivity contribution in [1.82, 2.24) is 4.90 Å². The summed E-state index contributed by atoms with van der Waals surface area (Å²) in [6.07, 6.45) is 1.55. The molecule has 1 aromatic rings. The van der Waals surface area contributed by atoms with Gasteiger partial charge < -0.3 is 15.3 Å². The standard InChI is InChI=1S/C14H17ClN2O3/c1-9-4-5-10(15)7-12(9)16-14(20)17-6-2-3-11(17)8-13(18)19/h4-5,7,11H,2-3,6,8H2,1H3,(H,16,20)(H,18,19). The molecule has 1 atom stereocenters. The Labute approximate surface area is 122 Å². The number of carbonyl (C=O) groups excluding carboxylic acids is 1. The van der Waals surface area contributed by atoms with E-state index in [1.54, 1.807) is 17.0 Å². The molecular weight excluding hydrogens is 280 g/mol. The molecule has 1 aliphatic rings. The monoisotopic (exact) mass is 296 g/mol. The molecule has 2 amide bonds. The van der Waals surface area contributed by atoms with E-state index in [0.29, 0.717) is 17.3 Å². The quantitative estimate of drug-likeness (QED) is 0.900. The maximum Gasteiger partial charge on any atom is 0.322 e. The van der Waals surface area contributed by atoms with Crippen molar-refractivity contribution in [2.24, 2.45) is 0 Å². The lowest BCUT2D eigenvalue weighted by molar-refractivity contribution is -0.137. The number of carboxylic acid groups (broad SMARTS) is 1. The highest BCUT2D eigenvalue weighted by Gasteiger charge is 2.30. The van der Waals surface area contributed by atoms with Crippen LogP contribution in [0, 0.1) is 6.92 Å². The molecule has 0 radical (unpaired) electrons. The Morgan fingerprint density at radius 2 is 2.25 bits per heavy atom. The molecule has 1 aromatic carbocycles. The van der Waals surface area contributed by atoms with Gasteiger partial charge in [-0.3, -0.25) is 4.79 Å². The molecule has 0 saturated carbocycles. The number of likely N-dealkylation sites (tertiary alicyclic amines) is 1. The van der Waals surface area contributed by atoms with Crippen LogP contribution in [0.15, 0.2) is 18.2 Å². The SMILES string of the molecule is Cc1ccc(Cl)cc1NC(=O)N1CCCC1CC(=O)O. The van der Waals surface area contributed by atoms with E-state index in [1.165, 1.54) is 0 Å². The van der Waals surface area contributed by atoms with Crippen molar-refractivity contribution in [2.45, 2.75) is 32.2 Å². The smallest absolute Gasteiger partial charge is 0.322 e. The van der Waals surface area contributed by atoms with Crippen molar-refractivity contribution in [3.63, 3.8) is 0 Å². The molecule has 6 heteroatoms. The van der Waals surface area contributed by atoms with Crippen LogP contribution >= 0.6 is 11.6 Å². The van der Waals surface area contributed by atoms with Crippen LogP contribution in [0.1, 0.15) is 24.8 Å². The fourth-order valence-electron chi connectivity index (χ4n) is 2.43. The number of rotatable bonds is 3. The van der Waals surface area contributed by atoms with E-state index >= 15 is 0 Å². The van der Waals surface area contributed by atoms with E-state index in [9.17, 15) is 9.59 Å². The Morgan fingerprint density at radius 1 is 1.50 bits per heavy atom. The highest BCUT2D eigenvalue weighted by Crippen LogP contribution is 2.24. The van der Waals surface area contributed by atoms with Crippen molar-refractivity contribution in [2.75, 3.05) is 11.9 Å². The fraction of sp³-hybridized carbons (Fsp3) is 0.429. The van der Waals surface area contributed by atoms with Crippen molar-refractivity contribution in [1.29, 1.82) is 0 Å². The Bertz CT molecular complexity index is 533. The number of anilines is 1. The summed E-state index contributed by atoms with van der Waals surface area (Å²) in [4.78, 5) is 24.6.